The zero-order valence-corrected chi connectivity index (χ0v) is 16.3. The molecule has 1 aromatic heterocycles. The standard InChI is InChI=1S/C21H17N3O4S/c22-12-14-3-5-15(6-4-14)17-8-7-16(28-17)11-18-20(26)24(21(27)29-18)13-19(25)23-9-1-2-10-23/h3-8,11H,1-2,9-10,13H2/b18-11+. The SMILES string of the molecule is N#Cc1ccc(-c2ccc(/C=C3/SC(=O)N(CC(=O)N4CCCC4)C3=O)o2)cc1. The summed E-state index contributed by atoms with van der Waals surface area (Å²) in [6.07, 6.45) is 3.42. The lowest BCUT2D eigenvalue weighted by atomic mass is 10.1. The van der Waals surface area contributed by atoms with Crippen LogP contribution >= 0.6 is 11.8 Å². The highest BCUT2D eigenvalue weighted by Crippen LogP contribution is 2.33. The minimum Gasteiger partial charge on any atom is -0.457 e. The van der Waals surface area contributed by atoms with Gasteiger partial charge in [0.1, 0.15) is 18.1 Å². The third-order valence-electron chi connectivity index (χ3n) is 4.82. The third kappa shape index (κ3) is 3.96. The molecule has 0 aliphatic carbocycles. The molecule has 2 aliphatic heterocycles. The third-order valence-corrected chi connectivity index (χ3v) is 5.73. The van der Waals surface area contributed by atoms with Gasteiger partial charge < -0.3 is 9.32 Å². The molecule has 0 spiro atoms. The Labute approximate surface area is 171 Å². The van der Waals surface area contributed by atoms with Gasteiger partial charge in [0.25, 0.3) is 11.1 Å². The van der Waals surface area contributed by atoms with Gasteiger partial charge in [-0.1, -0.05) is 0 Å². The summed E-state index contributed by atoms with van der Waals surface area (Å²) in [5.74, 6) is 0.334. The quantitative estimate of drug-likeness (QED) is 0.720. The molecule has 2 aliphatic rings. The maximum Gasteiger partial charge on any atom is 0.294 e. The minimum absolute atomic E-state index is 0.202. The molecule has 2 saturated heterocycles. The Kier molecular flexibility index (Phi) is 5.23. The number of furan rings is 1. The highest BCUT2D eigenvalue weighted by Gasteiger charge is 2.37. The van der Waals surface area contributed by atoms with Crippen LogP contribution in [0.1, 0.15) is 24.2 Å². The molecule has 0 saturated carbocycles. The summed E-state index contributed by atoms with van der Waals surface area (Å²) >= 11 is 0.803. The van der Waals surface area contributed by atoms with E-state index in [0.29, 0.717) is 30.2 Å². The average Bonchev–Trinajstić information content (AvgIpc) is 3.47. The molecular weight excluding hydrogens is 390 g/mol. The Balaban J connectivity index is 1.48. The Morgan fingerprint density at radius 3 is 2.55 bits per heavy atom. The van der Waals surface area contributed by atoms with Crippen molar-refractivity contribution in [3.8, 4) is 17.4 Å². The number of carbonyl (C=O) groups excluding carboxylic acids is 3. The zero-order chi connectivity index (χ0) is 20.4. The van der Waals surface area contributed by atoms with Gasteiger partial charge in [0, 0.05) is 24.7 Å². The highest BCUT2D eigenvalue weighted by atomic mass is 32.2. The van der Waals surface area contributed by atoms with Crippen molar-refractivity contribution in [1.29, 1.82) is 5.26 Å². The molecule has 1 aromatic carbocycles. The average molecular weight is 407 g/mol. The molecule has 0 N–H and O–H groups in total. The number of amides is 3. The van der Waals surface area contributed by atoms with Crippen molar-refractivity contribution >= 4 is 34.9 Å². The molecule has 3 amide bonds. The molecule has 0 radical (unpaired) electrons. The van der Waals surface area contributed by atoms with Crippen LogP contribution in [0, 0.1) is 11.3 Å². The van der Waals surface area contributed by atoms with E-state index in [1.807, 2.05) is 0 Å². The summed E-state index contributed by atoms with van der Waals surface area (Å²) in [6.45, 7) is 1.13. The van der Waals surface area contributed by atoms with E-state index in [1.165, 1.54) is 6.08 Å². The van der Waals surface area contributed by atoms with Crippen molar-refractivity contribution in [2.45, 2.75) is 12.8 Å². The number of hydrogen-bond donors (Lipinski definition) is 0. The number of carbonyl (C=O) groups is 3. The number of nitrogens with zero attached hydrogens (tertiary/aromatic N) is 3. The summed E-state index contributed by atoms with van der Waals surface area (Å²) in [5.41, 5.74) is 1.35. The molecule has 2 aromatic rings. The Morgan fingerprint density at radius 2 is 1.86 bits per heavy atom. The highest BCUT2D eigenvalue weighted by molar-refractivity contribution is 8.18. The lowest BCUT2D eigenvalue weighted by Gasteiger charge is -2.18. The zero-order valence-electron chi connectivity index (χ0n) is 15.5. The van der Waals surface area contributed by atoms with E-state index in [9.17, 15) is 14.4 Å². The van der Waals surface area contributed by atoms with Gasteiger partial charge >= 0.3 is 0 Å². The second-order valence-electron chi connectivity index (χ2n) is 6.75. The van der Waals surface area contributed by atoms with Gasteiger partial charge in [-0.15, -0.1) is 0 Å². The summed E-state index contributed by atoms with van der Waals surface area (Å²) < 4.78 is 5.76. The largest absolute Gasteiger partial charge is 0.457 e. The molecule has 0 atom stereocenters. The molecular formula is C21H17N3O4S. The first-order chi connectivity index (χ1) is 14.0. The van der Waals surface area contributed by atoms with Crippen molar-refractivity contribution in [1.82, 2.24) is 9.80 Å². The molecule has 8 heteroatoms. The molecule has 0 bridgehead atoms. The Morgan fingerprint density at radius 1 is 1.14 bits per heavy atom. The first kappa shape index (κ1) is 19.0. The summed E-state index contributed by atoms with van der Waals surface area (Å²) in [5, 5.41) is 8.42. The lowest BCUT2D eigenvalue weighted by molar-refractivity contribution is -0.135. The predicted octanol–water partition coefficient (Wildman–Crippen LogP) is 3.48. The van der Waals surface area contributed by atoms with Crippen LogP contribution in [0.4, 0.5) is 4.79 Å². The van der Waals surface area contributed by atoms with Gasteiger partial charge in [0.15, 0.2) is 0 Å². The van der Waals surface area contributed by atoms with Crippen molar-refractivity contribution in [2.75, 3.05) is 19.6 Å². The van der Waals surface area contributed by atoms with Crippen LogP contribution in [0.15, 0.2) is 45.7 Å². The van der Waals surface area contributed by atoms with E-state index in [4.69, 9.17) is 9.68 Å². The number of imide groups is 1. The normalized spacial score (nSPS) is 18.0. The van der Waals surface area contributed by atoms with Crippen molar-refractivity contribution in [3.05, 3.63) is 52.6 Å². The van der Waals surface area contributed by atoms with Gasteiger partial charge in [-0.2, -0.15) is 5.26 Å². The number of hydrogen-bond acceptors (Lipinski definition) is 6. The summed E-state index contributed by atoms with van der Waals surface area (Å²) in [6, 6.07) is 12.5. The fraction of sp³-hybridized carbons (Fsp3) is 0.238. The van der Waals surface area contributed by atoms with Gasteiger partial charge in [-0.3, -0.25) is 19.3 Å². The van der Waals surface area contributed by atoms with Crippen LogP contribution in [0.2, 0.25) is 0 Å². The fourth-order valence-corrected chi connectivity index (χ4v) is 4.08. The summed E-state index contributed by atoms with van der Waals surface area (Å²) in [4.78, 5) is 40.0. The second kappa shape index (κ2) is 7.97. The molecule has 146 valence electrons. The summed E-state index contributed by atoms with van der Waals surface area (Å²) in [7, 11) is 0. The van der Waals surface area contributed by atoms with Crippen LogP contribution in [0.3, 0.4) is 0 Å². The van der Waals surface area contributed by atoms with Crippen LogP contribution < -0.4 is 0 Å². The number of benzene rings is 1. The first-order valence-electron chi connectivity index (χ1n) is 9.18. The molecule has 7 nitrogen and oxygen atoms in total. The van der Waals surface area contributed by atoms with Crippen molar-refractivity contribution < 1.29 is 18.8 Å². The number of likely N-dealkylation sites (tertiary alicyclic amines) is 1. The number of nitriles is 1. The van der Waals surface area contributed by atoms with Gasteiger partial charge in [-0.25, -0.2) is 0 Å². The van der Waals surface area contributed by atoms with Gasteiger partial charge in [-0.05, 0) is 61.0 Å². The monoisotopic (exact) mass is 407 g/mol. The fourth-order valence-electron chi connectivity index (χ4n) is 3.26. The first-order valence-corrected chi connectivity index (χ1v) is 10.0. The molecule has 29 heavy (non-hydrogen) atoms. The lowest BCUT2D eigenvalue weighted by Crippen LogP contribution is -2.40. The van der Waals surface area contributed by atoms with Gasteiger partial charge in [0.05, 0.1) is 16.5 Å². The molecule has 4 rings (SSSR count). The topological polar surface area (TPSA) is 94.6 Å². The van der Waals surface area contributed by atoms with E-state index in [0.717, 1.165) is 35.1 Å². The van der Waals surface area contributed by atoms with E-state index in [1.54, 1.807) is 41.3 Å². The van der Waals surface area contributed by atoms with Crippen LogP contribution in [0.25, 0.3) is 17.4 Å². The maximum absolute atomic E-state index is 12.6. The predicted molar refractivity (Wildman–Crippen MR) is 107 cm³/mol. The van der Waals surface area contributed by atoms with E-state index >= 15 is 0 Å². The van der Waals surface area contributed by atoms with Crippen molar-refractivity contribution in [3.63, 3.8) is 0 Å². The van der Waals surface area contributed by atoms with E-state index < -0.39 is 11.1 Å². The molecule has 2 fully saturated rings. The number of rotatable bonds is 4. The van der Waals surface area contributed by atoms with E-state index in [2.05, 4.69) is 6.07 Å². The smallest absolute Gasteiger partial charge is 0.294 e. The maximum atomic E-state index is 12.6. The number of thioether (sulfide) groups is 1. The molecule has 3 heterocycles. The van der Waals surface area contributed by atoms with Gasteiger partial charge in [0.2, 0.25) is 5.91 Å². The van der Waals surface area contributed by atoms with Crippen LogP contribution in [0.5, 0.6) is 0 Å². The second-order valence-corrected chi connectivity index (χ2v) is 7.74. The van der Waals surface area contributed by atoms with Crippen LogP contribution in [-0.4, -0.2) is 46.5 Å². The van der Waals surface area contributed by atoms with Crippen LogP contribution in [-0.2, 0) is 9.59 Å². The van der Waals surface area contributed by atoms with Crippen molar-refractivity contribution in [2.24, 2.45) is 0 Å². The Bertz CT molecular complexity index is 1040. The minimum atomic E-state index is -0.483. The Hall–Kier alpha value is -3.31. The van der Waals surface area contributed by atoms with E-state index in [-0.39, 0.29) is 17.4 Å². The molecule has 0 unspecified atom stereocenters.